The maximum atomic E-state index is 7.33. The van der Waals surface area contributed by atoms with Gasteiger partial charge in [0.1, 0.15) is 0 Å². The summed E-state index contributed by atoms with van der Waals surface area (Å²) in [7, 11) is -9.22. The molecule has 0 bridgehead atoms. The summed E-state index contributed by atoms with van der Waals surface area (Å²) in [6.45, 7) is 0. The third kappa shape index (κ3) is 420. The van der Waals surface area contributed by atoms with Gasteiger partial charge in [0.2, 0.25) is 0 Å². The van der Waals surface area contributed by atoms with Gasteiger partial charge in [-0.05, 0) is 0 Å². The van der Waals surface area contributed by atoms with Crippen molar-refractivity contribution in [2.75, 3.05) is 0 Å². The molecule has 0 unspecified atom stereocenters. The van der Waals surface area contributed by atoms with Crippen molar-refractivity contribution in [3.63, 3.8) is 0 Å². The van der Waals surface area contributed by atoms with Gasteiger partial charge in [-0.3, -0.25) is 0 Å². The predicted octanol–water partition coefficient (Wildman–Crippen LogP) is -6.13. The number of hydrogen-bond acceptors (Lipinski definition) is 8. The molecule has 0 aromatic rings. The third-order valence-electron chi connectivity index (χ3n) is 0. The van der Waals surface area contributed by atoms with E-state index in [2.05, 4.69) is 0 Å². The topological polar surface area (TPSA) is 162 Å². The summed E-state index contributed by atoms with van der Waals surface area (Å²) < 4.78 is 0. The summed E-state index contributed by atoms with van der Waals surface area (Å²) in [6, 6.07) is 0. The van der Waals surface area contributed by atoms with Crippen LogP contribution in [0.1, 0.15) is 0 Å². The molecule has 0 aromatic carbocycles. The fourth-order valence-corrected chi connectivity index (χ4v) is 0. The summed E-state index contributed by atoms with van der Waals surface area (Å²) >= 11 is 0. The Hall–Kier alpha value is 1.59. The molecular formula is H10O8Si2Sr. The van der Waals surface area contributed by atoms with Gasteiger partial charge in [0.25, 0.3) is 0 Å². The molecule has 0 aromatic heterocycles. The van der Waals surface area contributed by atoms with Gasteiger partial charge in [-0.25, -0.2) is 0 Å². The van der Waals surface area contributed by atoms with E-state index < -0.39 is 18.1 Å². The molecule has 0 aliphatic carbocycles. The molecule has 0 spiro atoms. The predicted molar refractivity (Wildman–Crippen MR) is 37.8 cm³/mol. The van der Waals surface area contributed by atoms with Crippen LogP contribution in [-0.2, 0) is 0 Å². The van der Waals surface area contributed by atoms with Crippen LogP contribution in [0.2, 0.25) is 0 Å². The zero-order chi connectivity index (χ0) is 9.00. The van der Waals surface area contributed by atoms with Crippen LogP contribution < -0.4 is 0 Å². The Morgan fingerprint density at radius 1 is 0.455 bits per heavy atom. The Labute approximate surface area is 101 Å². The summed E-state index contributed by atoms with van der Waals surface area (Å²) in [5, 5.41) is 0. The molecule has 0 amide bonds. The molecule has 0 rings (SSSR count). The van der Waals surface area contributed by atoms with Crippen LogP contribution in [0.15, 0.2) is 0 Å². The van der Waals surface area contributed by atoms with Crippen molar-refractivity contribution in [1.82, 2.24) is 0 Å². The molecule has 11 heavy (non-hydrogen) atoms. The average Bonchev–Trinajstić information content (AvgIpc) is 1.12. The standard InChI is InChI=1S/2H4O4Si.Sr.2H/c2*1-5(2,3)4;;;/h2*1-4H;;;. The van der Waals surface area contributed by atoms with Crippen molar-refractivity contribution in [1.29, 1.82) is 0 Å². The van der Waals surface area contributed by atoms with E-state index in [9.17, 15) is 0 Å². The first-order valence-corrected chi connectivity index (χ1v) is 5.37. The van der Waals surface area contributed by atoms with Crippen molar-refractivity contribution in [3.05, 3.63) is 0 Å². The molecule has 0 saturated heterocycles. The molecule has 0 fully saturated rings. The molecule has 0 radical (unpaired) electrons. The Kier molecular flexibility index (Phi) is 11.8. The molecule has 0 saturated carbocycles. The monoisotopic (exact) mass is 282 g/mol. The second-order valence-electron chi connectivity index (χ2n) is 1.20. The Bertz CT molecular complexity index is 55.1. The van der Waals surface area contributed by atoms with Crippen LogP contribution >= 0.6 is 0 Å². The summed E-state index contributed by atoms with van der Waals surface area (Å²) in [4.78, 5) is 58.6. The van der Waals surface area contributed by atoms with E-state index >= 15 is 0 Å². The minimum atomic E-state index is -4.61. The fraction of sp³-hybridized carbons (Fsp3) is 0. The SMILES string of the molecule is O[Si](O)(O)O.O[Si](O)(O)O.[SrH2]. The van der Waals surface area contributed by atoms with Crippen molar-refractivity contribution in [2.24, 2.45) is 0 Å². The first kappa shape index (κ1) is 18.4. The first-order valence-electron chi connectivity index (χ1n) is 1.79. The van der Waals surface area contributed by atoms with Gasteiger partial charge in [0.15, 0.2) is 0 Å². The molecule has 8 N–H and O–H groups in total. The van der Waals surface area contributed by atoms with Crippen molar-refractivity contribution in [3.8, 4) is 0 Å². The maximum absolute atomic E-state index is 7.33. The number of hydrogen-bond donors (Lipinski definition) is 8. The van der Waals surface area contributed by atoms with Gasteiger partial charge in [0.05, 0.1) is 0 Å². The molecule has 0 aliphatic rings. The fourth-order valence-electron chi connectivity index (χ4n) is 0. The molecule has 0 atom stereocenters. The van der Waals surface area contributed by atoms with Crippen LogP contribution in [0.3, 0.4) is 0 Å². The van der Waals surface area contributed by atoms with E-state index in [1.54, 1.807) is 0 Å². The van der Waals surface area contributed by atoms with E-state index in [0.29, 0.717) is 0 Å². The van der Waals surface area contributed by atoms with Crippen LogP contribution in [0, 0.1) is 0 Å². The van der Waals surface area contributed by atoms with E-state index in [0.717, 1.165) is 0 Å². The van der Waals surface area contributed by atoms with Gasteiger partial charge in [-0.2, -0.15) is 0 Å². The van der Waals surface area contributed by atoms with Crippen molar-refractivity contribution < 1.29 is 38.4 Å². The molecule has 8 nitrogen and oxygen atoms in total. The van der Waals surface area contributed by atoms with Crippen LogP contribution in [-0.4, -0.2) is 102 Å². The summed E-state index contributed by atoms with van der Waals surface area (Å²) in [5.74, 6) is 0. The van der Waals surface area contributed by atoms with Crippen LogP contribution in [0.4, 0.5) is 0 Å². The van der Waals surface area contributed by atoms with E-state index in [1.165, 1.54) is 0 Å². The van der Waals surface area contributed by atoms with E-state index in [1.807, 2.05) is 0 Å². The van der Waals surface area contributed by atoms with Gasteiger partial charge >= 0.3 is 63.6 Å². The quantitative estimate of drug-likeness (QED) is 0.203. The van der Waals surface area contributed by atoms with E-state index in [4.69, 9.17) is 38.4 Å². The van der Waals surface area contributed by atoms with Crippen LogP contribution in [0.25, 0.3) is 0 Å². The molecule has 68 valence electrons. The first-order chi connectivity index (χ1) is 4.00. The third-order valence-corrected chi connectivity index (χ3v) is 0. The average molecular weight is 282 g/mol. The molecule has 0 heterocycles. The zero-order valence-electron chi connectivity index (χ0n) is 4.58. The second kappa shape index (κ2) is 7.04. The van der Waals surface area contributed by atoms with Crippen molar-refractivity contribution >= 4 is 63.6 Å². The normalized spacial score (nSPS) is 10.9. The van der Waals surface area contributed by atoms with Gasteiger partial charge < -0.3 is 38.4 Å². The molecule has 0 aliphatic heterocycles. The minimum absolute atomic E-state index is 0. The van der Waals surface area contributed by atoms with Gasteiger partial charge in [-0.15, -0.1) is 0 Å². The Morgan fingerprint density at radius 3 is 0.455 bits per heavy atom. The molecular weight excluding hydrogens is 272 g/mol. The zero-order valence-corrected chi connectivity index (χ0v) is 6.58. The Balaban J connectivity index is -0.000000107. The van der Waals surface area contributed by atoms with E-state index in [-0.39, 0.29) is 45.5 Å². The van der Waals surface area contributed by atoms with Crippen LogP contribution in [0.5, 0.6) is 0 Å². The number of rotatable bonds is 0. The molecule has 11 heteroatoms. The Morgan fingerprint density at radius 2 is 0.455 bits per heavy atom. The summed E-state index contributed by atoms with van der Waals surface area (Å²) in [6.07, 6.45) is 0. The van der Waals surface area contributed by atoms with Gasteiger partial charge in [-0.1, -0.05) is 0 Å². The van der Waals surface area contributed by atoms with Gasteiger partial charge in [0, 0.05) is 0 Å². The summed E-state index contributed by atoms with van der Waals surface area (Å²) in [5.41, 5.74) is 0. The second-order valence-corrected chi connectivity index (χ2v) is 3.60. The van der Waals surface area contributed by atoms with Crippen molar-refractivity contribution in [2.45, 2.75) is 0 Å².